The second kappa shape index (κ2) is 6.51. The van der Waals surface area contributed by atoms with E-state index in [2.05, 4.69) is 5.16 Å². The maximum Gasteiger partial charge on any atom is 0.338 e. The molecule has 0 bridgehead atoms. The maximum absolute atomic E-state index is 11.0. The predicted octanol–water partition coefficient (Wildman–Crippen LogP) is 5.63. The molecule has 2 heterocycles. The summed E-state index contributed by atoms with van der Waals surface area (Å²) in [7, 11) is 0. The van der Waals surface area contributed by atoms with Gasteiger partial charge >= 0.3 is 5.69 Å². The molecular weight excluding hydrogens is 355 g/mol. The zero-order valence-corrected chi connectivity index (χ0v) is 13.8. The van der Waals surface area contributed by atoms with Gasteiger partial charge in [0.05, 0.1) is 9.95 Å². The molecule has 0 radical (unpaired) electrons. The van der Waals surface area contributed by atoms with Crippen LogP contribution in [0, 0.1) is 17.0 Å². The molecule has 8 heteroatoms. The molecule has 122 valence electrons. The first kappa shape index (κ1) is 16.3. The molecule has 3 rings (SSSR count). The monoisotopic (exact) mass is 364 g/mol. The lowest BCUT2D eigenvalue weighted by Gasteiger charge is -2.00. The Labute approximate surface area is 146 Å². The average Bonchev–Trinajstić information content (AvgIpc) is 3.11. The van der Waals surface area contributed by atoms with E-state index in [1.165, 1.54) is 13.0 Å². The molecule has 3 aromatic rings. The molecule has 0 aliphatic heterocycles. The zero-order chi connectivity index (χ0) is 17.3. The third-order valence-electron chi connectivity index (χ3n) is 3.26. The van der Waals surface area contributed by atoms with E-state index in [0.717, 1.165) is 0 Å². The molecule has 0 aliphatic rings. The van der Waals surface area contributed by atoms with Gasteiger partial charge in [0.25, 0.3) is 0 Å². The Bertz CT molecular complexity index is 943. The first-order chi connectivity index (χ1) is 11.5. The van der Waals surface area contributed by atoms with Crippen molar-refractivity contribution in [2.45, 2.75) is 6.92 Å². The van der Waals surface area contributed by atoms with E-state index in [9.17, 15) is 10.1 Å². The number of hydrogen-bond donors (Lipinski definition) is 0. The van der Waals surface area contributed by atoms with Gasteiger partial charge in [0, 0.05) is 10.6 Å². The largest absolute Gasteiger partial charge is 0.457 e. The van der Waals surface area contributed by atoms with Crippen LogP contribution in [0.3, 0.4) is 0 Å². The van der Waals surface area contributed by atoms with Crippen LogP contribution in [0.15, 0.2) is 39.3 Å². The van der Waals surface area contributed by atoms with Crippen molar-refractivity contribution in [3.63, 3.8) is 0 Å². The molecule has 1 aromatic carbocycles. The lowest BCUT2D eigenvalue weighted by atomic mass is 10.2. The van der Waals surface area contributed by atoms with Gasteiger partial charge in [-0.2, -0.15) is 0 Å². The minimum atomic E-state index is -0.535. The van der Waals surface area contributed by atoms with Crippen molar-refractivity contribution in [3.05, 3.63) is 67.7 Å². The average molecular weight is 365 g/mol. The number of hydrogen-bond acceptors (Lipinski definition) is 5. The maximum atomic E-state index is 11.0. The van der Waals surface area contributed by atoms with Crippen molar-refractivity contribution in [3.8, 4) is 11.3 Å². The first-order valence-electron chi connectivity index (χ1n) is 6.79. The predicted molar refractivity (Wildman–Crippen MR) is 91.0 cm³/mol. The van der Waals surface area contributed by atoms with Crippen LogP contribution in [0.25, 0.3) is 23.5 Å². The fraction of sp³-hybridized carbons (Fsp3) is 0.0625. The van der Waals surface area contributed by atoms with Gasteiger partial charge in [-0.1, -0.05) is 28.4 Å². The summed E-state index contributed by atoms with van der Waals surface area (Å²) >= 11 is 12.0. The molecule has 2 aromatic heterocycles. The Kier molecular flexibility index (Phi) is 4.42. The van der Waals surface area contributed by atoms with Gasteiger partial charge in [-0.05, 0) is 49.4 Å². The molecule has 0 saturated heterocycles. The van der Waals surface area contributed by atoms with Crippen LogP contribution in [0.4, 0.5) is 5.69 Å². The summed E-state index contributed by atoms with van der Waals surface area (Å²) in [4.78, 5) is 10.5. The van der Waals surface area contributed by atoms with Crippen LogP contribution >= 0.6 is 23.2 Å². The molecule has 0 fully saturated rings. The van der Waals surface area contributed by atoms with Crippen molar-refractivity contribution in [1.82, 2.24) is 5.16 Å². The van der Waals surface area contributed by atoms with Gasteiger partial charge in [0.2, 0.25) is 5.76 Å². The highest BCUT2D eigenvalue weighted by Gasteiger charge is 2.22. The standard InChI is InChI=1S/C16H10Cl2N2O4/c1-9-16(20(21)22)15(24-19-9)7-4-11-3-6-14(23-11)12-5-2-10(17)8-13(12)18/h2-8H,1H3/b7-4-. The van der Waals surface area contributed by atoms with Gasteiger partial charge in [-0.25, -0.2) is 0 Å². The van der Waals surface area contributed by atoms with Gasteiger partial charge < -0.3 is 8.94 Å². The van der Waals surface area contributed by atoms with Crippen molar-refractivity contribution in [2.75, 3.05) is 0 Å². The van der Waals surface area contributed by atoms with Crippen LogP contribution in [0.2, 0.25) is 10.0 Å². The van der Waals surface area contributed by atoms with E-state index in [0.29, 0.717) is 27.1 Å². The van der Waals surface area contributed by atoms with Crippen LogP contribution in [-0.2, 0) is 0 Å². The van der Waals surface area contributed by atoms with Crippen molar-refractivity contribution >= 4 is 41.0 Å². The number of furan rings is 1. The zero-order valence-electron chi connectivity index (χ0n) is 12.3. The number of aromatic nitrogens is 1. The summed E-state index contributed by atoms with van der Waals surface area (Å²) in [5.74, 6) is 1.10. The summed E-state index contributed by atoms with van der Waals surface area (Å²) in [6, 6.07) is 8.54. The summed E-state index contributed by atoms with van der Waals surface area (Å²) in [5.41, 5.74) is 0.744. The van der Waals surface area contributed by atoms with E-state index in [4.69, 9.17) is 32.1 Å². The van der Waals surface area contributed by atoms with Crippen LogP contribution in [0.5, 0.6) is 0 Å². The van der Waals surface area contributed by atoms with E-state index >= 15 is 0 Å². The van der Waals surface area contributed by atoms with Crippen LogP contribution in [0.1, 0.15) is 17.2 Å². The SMILES string of the molecule is Cc1noc(/C=C\c2ccc(-c3ccc(Cl)cc3Cl)o2)c1[N+](=O)[O-]. The van der Waals surface area contributed by atoms with Crippen molar-refractivity contribution < 1.29 is 13.9 Å². The van der Waals surface area contributed by atoms with Crippen molar-refractivity contribution in [1.29, 1.82) is 0 Å². The minimum Gasteiger partial charge on any atom is -0.457 e. The lowest BCUT2D eigenvalue weighted by molar-refractivity contribution is -0.386. The normalized spacial score (nSPS) is 11.3. The summed E-state index contributed by atoms with van der Waals surface area (Å²) < 4.78 is 10.6. The number of benzene rings is 1. The molecular formula is C16H10Cl2N2O4. The molecule has 0 aliphatic carbocycles. The van der Waals surface area contributed by atoms with Gasteiger partial charge in [0.15, 0.2) is 5.69 Å². The molecule has 0 amide bonds. The summed E-state index contributed by atoms with van der Waals surface area (Å²) in [6.45, 7) is 1.51. The minimum absolute atomic E-state index is 0.0555. The number of rotatable bonds is 4. The number of halogens is 2. The Morgan fingerprint density at radius 2 is 2.00 bits per heavy atom. The molecule has 24 heavy (non-hydrogen) atoms. The highest BCUT2D eigenvalue weighted by molar-refractivity contribution is 6.36. The molecule has 0 atom stereocenters. The van der Waals surface area contributed by atoms with Gasteiger partial charge in [-0.3, -0.25) is 10.1 Å². The number of nitrogens with zero attached hydrogens (tertiary/aromatic N) is 2. The Morgan fingerprint density at radius 1 is 1.21 bits per heavy atom. The molecule has 0 saturated carbocycles. The lowest BCUT2D eigenvalue weighted by Crippen LogP contribution is -1.90. The van der Waals surface area contributed by atoms with Gasteiger partial charge in [-0.15, -0.1) is 0 Å². The summed E-state index contributed by atoms with van der Waals surface area (Å²) in [5, 5.41) is 15.6. The van der Waals surface area contributed by atoms with E-state index in [1.54, 1.807) is 36.4 Å². The van der Waals surface area contributed by atoms with Gasteiger partial charge in [0.1, 0.15) is 11.5 Å². The fourth-order valence-corrected chi connectivity index (χ4v) is 2.65. The molecule has 0 spiro atoms. The molecule has 6 nitrogen and oxygen atoms in total. The quantitative estimate of drug-likeness (QED) is 0.442. The highest BCUT2D eigenvalue weighted by Crippen LogP contribution is 2.32. The topological polar surface area (TPSA) is 82.3 Å². The smallest absolute Gasteiger partial charge is 0.338 e. The van der Waals surface area contributed by atoms with Crippen LogP contribution < -0.4 is 0 Å². The Balaban J connectivity index is 1.88. The third-order valence-corrected chi connectivity index (χ3v) is 3.81. The number of nitro groups is 1. The third kappa shape index (κ3) is 3.20. The highest BCUT2D eigenvalue weighted by atomic mass is 35.5. The fourth-order valence-electron chi connectivity index (χ4n) is 2.15. The van der Waals surface area contributed by atoms with Crippen LogP contribution in [-0.4, -0.2) is 10.1 Å². The molecule has 0 N–H and O–H groups in total. The Morgan fingerprint density at radius 3 is 2.71 bits per heavy atom. The van der Waals surface area contributed by atoms with E-state index in [1.807, 2.05) is 0 Å². The summed E-state index contributed by atoms with van der Waals surface area (Å²) in [6.07, 6.45) is 2.99. The number of aryl methyl sites for hydroxylation is 1. The van der Waals surface area contributed by atoms with Crippen molar-refractivity contribution in [2.24, 2.45) is 0 Å². The molecule has 0 unspecified atom stereocenters. The second-order valence-electron chi connectivity index (χ2n) is 4.90. The second-order valence-corrected chi connectivity index (χ2v) is 5.74. The first-order valence-corrected chi connectivity index (χ1v) is 7.55. The Hall–Kier alpha value is -2.57. The van der Waals surface area contributed by atoms with E-state index < -0.39 is 4.92 Å². The van der Waals surface area contributed by atoms with E-state index in [-0.39, 0.29) is 17.1 Å².